The number of nitrogen functional groups attached to an aromatic ring is 1. The second-order valence-corrected chi connectivity index (χ2v) is 3.29. The Morgan fingerprint density at radius 3 is 2.73 bits per heavy atom. The van der Waals surface area contributed by atoms with E-state index in [9.17, 15) is 10.2 Å². The van der Waals surface area contributed by atoms with Crippen LogP contribution in [0.15, 0.2) is 12.1 Å². The van der Waals surface area contributed by atoms with E-state index in [0.29, 0.717) is 17.1 Å². The number of nitriles is 1. The van der Waals surface area contributed by atoms with Crippen molar-refractivity contribution < 1.29 is 10.2 Å². The number of aromatic nitrogens is 1. The topological polar surface area (TPSA) is 103 Å². The lowest BCUT2D eigenvalue weighted by atomic mass is 10.0. The first-order chi connectivity index (χ1) is 7.06. The van der Waals surface area contributed by atoms with Crippen LogP contribution >= 0.6 is 0 Å². The summed E-state index contributed by atoms with van der Waals surface area (Å²) >= 11 is 0. The van der Waals surface area contributed by atoms with Crippen LogP contribution in [0.3, 0.4) is 0 Å². The van der Waals surface area contributed by atoms with Gasteiger partial charge in [0.05, 0.1) is 18.6 Å². The van der Waals surface area contributed by atoms with E-state index in [1.807, 2.05) is 0 Å². The third-order valence-corrected chi connectivity index (χ3v) is 2.13. The molecule has 15 heavy (non-hydrogen) atoms. The Morgan fingerprint density at radius 2 is 2.20 bits per heavy atom. The average molecular weight is 207 g/mol. The molecule has 0 aliphatic carbocycles. The molecule has 1 heterocycles. The van der Waals surface area contributed by atoms with Crippen molar-refractivity contribution in [3.05, 3.63) is 23.4 Å². The van der Waals surface area contributed by atoms with Crippen LogP contribution in [-0.2, 0) is 0 Å². The van der Waals surface area contributed by atoms with Crippen molar-refractivity contribution in [1.82, 2.24) is 4.98 Å². The summed E-state index contributed by atoms with van der Waals surface area (Å²) in [7, 11) is 0. The van der Waals surface area contributed by atoms with E-state index in [1.54, 1.807) is 25.1 Å². The van der Waals surface area contributed by atoms with Gasteiger partial charge in [0.25, 0.3) is 0 Å². The molecule has 80 valence electrons. The maximum atomic E-state index is 9.71. The number of hydrogen-bond donors (Lipinski definition) is 3. The zero-order valence-corrected chi connectivity index (χ0v) is 8.38. The number of anilines is 1. The van der Waals surface area contributed by atoms with E-state index in [0.717, 1.165) is 0 Å². The third kappa shape index (κ3) is 2.65. The summed E-state index contributed by atoms with van der Waals surface area (Å²) in [5.74, 6) is 0.359. The van der Waals surface area contributed by atoms with Gasteiger partial charge in [0.1, 0.15) is 11.9 Å². The number of aliphatic hydroxyl groups excluding tert-OH is 2. The highest BCUT2D eigenvalue weighted by molar-refractivity contribution is 5.35. The number of nitrogens with zero attached hydrogens (tertiary/aromatic N) is 2. The molecule has 0 aromatic carbocycles. The van der Waals surface area contributed by atoms with Gasteiger partial charge in [0, 0.05) is 11.3 Å². The van der Waals surface area contributed by atoms with Gasteiger partial charge in [-0.1, -0.05) is 6.07 Å². The fraction of sp³-hybridized carbons (Fsp3) is 0.400. The van der Waals surface area contributed by atoms with Crippen LogP contribution in [0, 0.1) is 18.3 Å². The lowest BCUT2D eigenvalue weighted by Crippen LogP contribution is -2.19. The monoisotopic (exact) mass is 207 g/mol. The summed E-state index contributed by atoms with van der Waals surface area (Å²) in [6, 6.07) is 4.94. The van der Waals surface area contributed by atoms with Crippen molar-refractivity contribution >= 4 is 5.82 Å². The summed E-state index contributed by atoms with van der Waals surface area (Å²) in [6.45, 7) is 1.69. The predicted molar refractivity (Wildman–Crippen MR) is 54.6 cm³/mol. The molecule has 0 saturated heterocycles. The predicted octanol–water partition coefficient (Wildman–Crippen LogP) is 0.280. The highest BCUT2D eigenvalue weighted by Gasteiger charge is 2.20. The van der Waals surface area contributed by atoms with Gasteiger partial charge >= 0.3 is 0 Å². The Bertz CT molecular complexity index is 387. The van der Waals surface area contributed by atoms with Gasteiger partial charge in [-0.05, 0) is 13.0 Å². The molecule has 0 saturated carbocycles. The SMILES string of the molecule is Cc1nc(N)ccc1C(O)C(O)CC#N. The van der Waals surface area contributed by atoms with E-state index in [-0.39, 0.29) is 6.42 Å². The molecule has 0 amide bonds. The maximum Gasteiger partial charge on any atom is 0.123 e. The van der Waals surface area contributed by atoms with E-state index >= 15 is 0 Å². The summed E-state index contributed by atoms with van der Waals surface area (Å²) in [4.78, 5) is 3.96. The molecule has 0 bridgehead atoms. The molecule has 0 aliphatic heterocycles. The first-order valence-corrected chi connectivity index (χ1v) is 4.52. The van der Waals surface area contributed by atoms with Gasteiger partial charge in [-0.15, -0.1) is 0 Å². The highest BCUT2D eigenvalue weighted by atomic mass is 16.3. The van der Waals surface area contributed by atoms with Crippen LogP contribution in [0.5, 0.6) is 0 Å². The Balaban J connectivity index is 2.91. The largest absolute Gasteiger partial charge is 0.389 e. The average Bonchev–Trinajstić information content (AvgIpc) is 2.17. The van der Waals surface area contributed by atoms with Gasteiger partial charge in [0.2, 0.25) is 0 Å². The number of nitrogens with two attached hydrogens (primary N) is 1. The van der Waals surface area contributed by atoms with E-state index in [4.69, 9.17) is 11.0 Å². The van der Waals surface area contributed by atoms with E-state index in [2.05, 4.69) is 4.98 Å². The number of aryl methyl sites for hydroxylation is 1. The van der Waals surface area contributed by atoms with Gasteiger partial charge in [-0.2, -0.15) is 5.26 Å². The highest BCUT2D eigenvalue weighted by Crippen LogP contribution is 2.21. The molecule has 1 rings (SSSR count). The molecule has 0 fully saturated rings. The van der Waals surface area contributed by atoms with Crippen LogP contribution in [0.4, 0.5) is 5.82 Å². The van der Waals surface area contributed by atoms with E-state index in [1.165, 1.54) is 0 Å². The molecular weight excluding hydrogens is 194 g/mol. The summed E-state index contributed by atoms with van der Waals surface area (Å²) in [6.07, 6.45) is -2.32. The molecule has 1 aromatic rings. The van der Waals surface area contributed by atoms with Crippen molar-refractivity contribution in [3.63, 3.8) is 0 Å². The second-order valence-electron chi connectivity index (χ2n) is 3.29. The number of pyridine rings is 1. The van der Waals surface area contributed by atoms with Gasteiger partial charge in [0.15, 0.2) is 0 Å². The number of aliphatic hydroxyl groups is 2. The zero-order valence-electron chi connectivity index (χ0n) is 8.38. The number of rotatable bonds is 3. The molecular formula is C10H13N3O2. The standard InChI is InChI=1S/C10H13N3O2/c1-6-7(2-3-9(12)13-6)10(15)8(14)4-5-11/h2-3,8,10,14-15H,4H2,1H3,(H2,12,13). The summed E-state index contributed by atoms with van der Waals surface area (Å²) in [5.41, 5.74) is 6.50. The lowest BCUT2D eigenvalue weighted by Gasteiger charge is -2.17. The fourth-order valence-electron chi connectivity index (χ4n) is 1.32. The first kappa shape index (κ1) is 11.4. The summed E-state index contributed by atoms with van der Waals surface area (Å²) in [5, 5.41) is 27.5. The van der Waals surface area contributed by atoms with Crippen molar-refractivity contribution in [2.45, 2.75) is 25.6 Å². The van der Waals surface area contributed by atoms with Gasteiger partial charge < -0.3 is 15.9 Å². The van der Waals surface area contributed by atoms with Crippen molar-refractivity contribution in [1.29, 1.82) is 5.26 Å². The molecule has 1 aromatic heterocycles. The minimum atomic E-state index is -1.10. The van der Waals surface area contributed by atoms with Crippen molar-refractivity contribution in [2.24, 2.45) is 0 Å². The normalized spacial score (nSPS) is 14.3. The quantitative estimate of drug-likeness (QED) is 0.660. The molecule has 0 aliphatic rings. The minimum absolute atomic E-state index is 0.120. The molecule has 2 atom stereocenters. The molecule has 0 radical (unpaired) electrons. The number of hydrogen-bond acceptors (Lipinski definition) is 5. The molecule has 5 nitrogen and oxygen atoms in total. The van der Waals surface area contributed by atoms with E-state index < -0.39 is 12.2 Å². The van der Waals surface area contributed by atoms with Crippen LogP contribution in [-0.4, -0.2) is 21.3 Å². The van der Waals surface area contributed by atoms with Crippen LogP contribution in [0.2, 0.25) is 0 Å². The zero-order chi connectivity index (χ0) is 11.4. The fourth-order valence-corrected chi connectivity index (χ4v) is 1.32. The van der Waals surface area contributed by atoms with Crippen molar-refractivity contribution in [2.75, 3.05) is 5.73 Å². The Morgan fingerprint density at radius 1 is 1.53 bits per heavy atom. The molecule has 2 unspecified atom stereocenters. The smallest absolute Gasteiger partial charge is 0.123 e. The second kappa shape index (κ2) is 4.73. The Labute approximate surface area is 87.8 Å². The molecule has 4 N–H and O–H groups in total. The van der Waals surface area contributed by atoms with Crippen molar-refractivity contribution in [3.8, 4) is 6.07 Å². The summed E-state index contributed by atoms with van der Waals surface area (Å²) < 4.78 is 0. The van der Waals surface area contributed by atoms with Gasteiger partial charge in [-0.25, -0.2) is 4.98 Å². The van der Waals surface area contributed by atoms with Crippen LogP contribution in [0.1, 0.15) is 23.8 Å². The Hall–Kier alpha value is -1.64. The maximum absolute atomic E-state index is 9.71. The molecule has 0 spiro atoms. The first-order valence-electron chi connectivity index (χ1n) is 4.52. The minimum Gasteiger partial charge on any atom is -0.389 e. The van der Waals surface area contributed by atoms with Gasteiger partial charge in [-0.3, -0.25) is 0 Å². The Kier molecular flexibility index (Phi) is 3.61. The molecule has 5 heteroatoms. The third-order valence-electron chi connectivity index (χ3n) is 2.13. The van der Waals surface area contributed by atoms with Crippen LogP contribution in [0.25, 0.3) is 0 Å². The van der Waals surface area contributed by atoms with Crippen LogP contribution < -0.4 is 5.73 Å². The lowest BCUT2D eigenvalue weighted by molar-refractivity contribution is 0.0210.